The lowest BCUT2D eigenvalue weighted by atomic mass is 10.0. The zero-order valence-corrected chi connectivity index (χ0v) is 30.6. The second-order valence-corrected chi connectivity index (χ2v) is 15.5. The number of ether oxygens (including phenoxy) is 4. The maximum absolute atomic E-state index is 13.7. The number of fused-ring (bicyclic) bond motifs is 1. The second kappa shape index (κ2) is 16.4. The normalized spacial score (nSPS) is 15.9. The molecular formula is C35H38Cl2F2N4O8S. The van der Waals surface area contributed by atoms with Gasteiger partial charge in [-0.15, -0.1) is 0 Å². The Morgan fingerprint density at radius 2 is 1.83 bits per heavy atom. The molecule has 0 N–H and O–H groups in total. The van der Waals surface area contributed by atoms with E-state index in [9.17, 15) is 27.2 Å². The molecule has 17 heteroatoms. The van der Waals surface area contributed by atoms with Crippen molar-refractivity contribution in [2.24, 2.45) is 5.92 Å². The van der Waals surface area contributed by atoms with Crippen LogP contribution in [0, 0.1) is 11.1 Å². The van der Waals surface area contributed by atoms with Gasteiger partial charge in [0.05, 0.1) is 37.3 Å². The number of alkyl halides is 2. The van der Waals surface area contributed by atoms with Crippen LogP contribution in [0.25, 0.3) is 10.9 Å². The minimum absolute atomic E-state index is 0.0411. The summed E-state index contributed by atoms with van der Waals surface area (Å²) < 4.78 is 77.9. The highest BCUT2D eigenvalue weighted by molar-refractivity contribution is 7.92. The number of hydrogen-bond donors (Lipinski definition) is 0. The first kappa shape index (κ1) is 37.9. The third-order valence-corrected chi connectivity index (χ3v) is 10.8. The molecule has 0 unspecified atom stereocenters. The van der Waals surface area contributed by atoms with E-state index in [-0.39, 0.29) is 41.1 Å². The van der Waals surface area contributed by atoms with E-state index < -0.39 is 28.7 Å². The molecule has 1 saturated heterocycles. The van der Waals surface area contributed by atoms with Crippen molar-refractivity contribution in [3.05, 3.63) is 87.4 Å². The summed E-state index contributed by atoms with van der Waals surface area (Å²) in [5.41, 5.74) is 1.79. The molecule has 6 rings (SSSR count). The standard InChI is InChI=1S/C35H38Cl2F2N4O8S/c1-52(46,47)43(12-11-40-13-15-48-16-14-40)30-4-2-3-29-25(30)9-10-41(29)21-34(44)50-32(18-26-27(36)19-42(45)20-28(26)37)24-7-8-31(51-35(38)39)33(17-24)49-22-23-5-6-23/h2-4,7-10,17,19-20,23,32,35H,5-6,11-16,18,21-22H2,1H3/t32-/m0/s1. The van der Waals surface area contributed by atoms with Crippen molar-refractivity contribution in [2.75, 3.05) is 56.6 Å². The van der Waals surface area contributed by atoms with E-state index in [4.69, 9.17) is 42.1 Å². The number of anilines is 1. The Morgan fingerprint density at radius 3 is 2.50 bits per heavy atom. The average Bonchev–Trinajstić information content (AvgIpc) is 3.83. The molecule has 4 aromatic rings. The van der Waals surface area contributed by atoms with Crippen LogP contribution in [-0.4, -0.2) is 82.7 Å². The lowest BCUT2D eigenvalue weighted by Gasteiger charge is -2.30. The largest absolute Gasteiger partial charge is 0.619 e. The lowest BCUT2D eigenvalue weighted by molar-refractivity contribution is -0.605. The Labute approximate surface area is 309 Å². The number of carbonyl (C=O) groups excluding carboxylic acids is 1. The number of nitrogens with zero attached hydrogens (tertiary/aromatic N) is 4. The molecule has 12 nitrogen and oxygen atoms in total. The molecule has 1 aliphatic carbocycles. The number of morpholine rings is 1. The van der Waals surface area contributed by atoms with Gasteiger partial charge in [0.15, 0.2) is 23.9 Å². The Balaban J connectivity index is 1.27. The number of carbonyl (C=O) groups is 1. The molecule has 2 aromatic carbocycles. The molecule has 1 atom stereocenters. The number of hydrogen-bond acceptors (Lipinski definition) is 9. The second-order valence-electron chi connectivity index (χ2n) is 12.8. The van der Waals surface area contributed by atoms with E-state index in [1.165, 1.54) is 22.5 Å². The summed E-state index contributed by atoms with van der Waals surface area (Å²) >= 11 is 12.8. The molecule has 0 spiro atoms. The number of rotatable bonds is 16. The molecule has 0 amide bonds. The number of sulfonamides is 1. The Bertz CT molecular complexity index is 1980. The minimum Gasteiger partial charge on any atom is -0.619 e. The van der Waals surface area contributed by atoms with E-state index in [1.807, 2.05) is 0 Å². The molecule has 2 aromatic heterocycles. The van der Waals surface area contributed by atoms with Gasteiger partial charge in [-0.25, -0.2) is 8.42 Å². The predicted molar refractivity (Wildman–Crippen MR) is 191 cm³/mol. The fourth-order valence-electron chi connectivity index (χ4n) is 6.08. The van der Waals surface area contributed by atoms with E-state index in [2.05, 4.69) is 4.90 Å². The lowest BCUT2D eigenvalue weighted by Crippen LogP contribution is -2.43. The van der Waals surface area contributed by atoms with Gasteiger partial charge in [0.2, 0.25) is 10.0 Å². The molecule has 1 aliphatic heterocycles. The third kappa shape index (κ3) is 9.55. The molecule has 280 valence electrons. The van der Waals surface area contributed by atoms with Crippen LogP contribution in [0.3, 0.4) is 0 Å². The molecular weight excluding hydrogens is 745 g/mol. The maximum Gasteiger partial charge on any atom is 0.387 e. The van der Waals surface area contributed by atoms with Crippen molar-refractivity contribution in [3.63, 3.8) is 0 Å². The van der Waals surface area contributed by atoms with Crippen molar-refractivity contribution in [1.82, 2.24) is 9.47 Å². The van der Waals surface area contributed by atoms with Crippen LogP contribution in [0.1, 0.15) is 30.1 Å². The summed E-state index contributed by atoms with van der Waals surface area (Å²) in [6, 6.07) is 11.2. The van der Waals surface area contributed by atoms with Crippen molar-refractivity contribution >= 4 is 55.8 Å². The topological polar surface area (TPSA) is 126 Å². The Kier molecular flexibility index (Phi) is 12.0. The Hall–Kier alpha value is -3.89. The van der Waals surface area contributed by atoms with Crippen LogP contribution >= 0.6 is 23.2 Å². The summed E-state index contributed by atoms with van der Waals surface area (Å²) in [5, 5.41) is 12.6. The third-order valence-electron chi connectivity index (χ3n) is 8.93. The predicted octanol–water partition coefficient (Wildman–Crippen LogP) is 5.60. The highest BCUT2D eigenvalue weighted by Gasteiger charge is 2.27. The number of pyridine rings is 1. The zero-order valence-electron chi connectivity index (χ0n) is 28.3. The van der Waals surface area contributed by atoms with E-state index in [0.29, 0.717) is 77.8 Å². The summed E-state index contributed by atoms with van der Waals surface area (Å²) in [5.74, 6) is -0.476. The quantitative estimate of drug-likeness (QED) is 0.0812. The first-order chi connectivity index (χ1) is 24.9. The number of aromatic nitrogens is 2. The summed E-state index contributed by atoms with van der Waals surface area (Å²) in [4.78, 5) is 15.8. The number of benzene rings is 2. The highest BCUT2D eigenvalue weighted by atomic mass is 35.5. The van der Waals surface area contributed by atoms with Gasteiger partial charge >= 0.3 is 12.6 Å². The molecule has 3 heterocycles. The first-order valence-electron chi connectivity index (χ1n) is 16.7. The fraction of sp³-hybridized carbons (Fsp3) is 0.429. The zero-order chi connectivity index (χ0) is 37.0. The van der Waals surface area contributed by atoms with Crippen LogP contribution in [0.15, 0.2) is 61.1 Å². The van der Waals surface area contributed by atoms with Crippen LogP contribution < -0.4 is 18.5 Å². The monoisotopic (exact) mass is 782 g/mol. The van der Waals surface area contributed by atoms with Crippen molar-refractivity contribution in [3.8, 4) is 11.5 Å². The van der Waals surface area contributed by atoms with Crippen LogP contribution in [-0.2, 0) is 37.3 Å². The van der Waals surface area contributed by atoms with Gasteiger partial charge in [-0.2, -0.15) is 13.5 Å². The van der Waals surface area contributed by atoms with Gasteiger partial charge in [0, 0.05) is 49.7 Å². The van der Waals surface area contributed by atoms with Crippen LogP contribution in [0.5, 0.6) is 11.5 Å². The SMILES string of the molecule is CS(=O)(=O)N(CCN1CCOCC1)c1cccc2c1ccn2CC(=O)O[C@@H](Cc1c(Cl)c[n+]([O-])cc1Cl)c1ccc(OC(F)F)c(OCC2CC2)c1. The van der Waals surface area contributed by atoms with Crippen molar-refractivity contribution < 1.29 is 45.7 Å². The van der Waals surface area contributed by atoms with Gasteiger partial charge in [-0.3, -0.25) is 14.0 Å². The van der Waals surface area contributed by atoms with Gasteiger partial charge in [-0.1, -0.05) is 35.3 Å². The molecule has 2 fully saturated rings. The Morgan fingerprint density at radius 1 is 1.10 bits per heavy atom. The fourth-order valence-corrected chi connectivity index (χ4v) is 7.61. The van der Waals surface area contributed by atoms with Crippen molar-refractivity contribution in [2.45, 2.75) is 38.5 Å². The van der Waals surface area contributed by atoms with Gasteiger partial charge in [0.25, 0.3) is 0 Å². The van der Waals surface area contributed by atoms with Gasteiger partial charge in [0.1, 0.15) is 22.7 Å². The summed E-state index contributed by atoms with van der Waals surface area (Å²) in [6.45, 7) is 0.322. The van der Waals surface area contributed by atoms with E-state index in [0.717, 1.165) is 31.5 Å². The van der Waals surface area contributed by atoms with Gasteiger partial charge in [-0.05, 0) is 54.7 Å². The van der Waals surface area contributed by atoms with E-state index in [1.54, 1.807) is 35.0 Å². The number of esters is 1. The molecule has 1 saturated carbocycles. The molecule has 52 heavy (non-hydrogen) atoms. The minimum atomic E-state index is -3.66. The van der Waals surface area contributed by atoms with Crippen molar-refractivity contribution in [1.29, 1.82) is 0 Å². The molecule has 2 aliphatic rings. The van der Waals surface area contributed by atoms with Gasteiger partial charge < -0.3 is 28.7 Å². The van der Waals surface area contributed by atoms with Crippen LogP contribution in [0.4, 0.5) is 14.5 Å². The molecule has 0 bridgehead atoms. The number of halogens is 4. The summed E-state index contributed by atoms with van der Waals surface area (Å²) in [7, 11) is -3.66. The smallest absolute Gasteiger partial charge is 0.387 e. The highest BCUT2D eigenvalue weighted by Crippen LogP contribution is 2.38. The maximum atomic E-state index is 13.7. The average molecular weight is 784 g/mol. The van der Waals surface area contributed by atoms with Crippen LogP contribution in [0.2, 0.25) is 10.0 Å². The summed E-state index contributed by atoms with van der Waals surface area (Å²) in [6.07, 6.45) is 5.89. The first-order valence-corrected chi connectivity index (χ1v) is 19.3. The van der Waals surface area contributed by atoms with E-state index >= 15 is 0 Å². The molecule has 0 radical (unpaired) electrons.